The zero-order valence-electron chi connectivity index (χ0n) is 12.0. The molecule has 0 amide bonds. The molecule has 0 unspecified atom stereocenters. The van der Waals surface area contributed by atoms with Crippen LogP contribution in [0.3, 0.4) is 0 Å². The Kier molecular flexibility index (Phi) is 5.11. The van der Waals surface area contributed by atoms with E-state index >= 15 is 0 Å². The van der Waals surface area contributed by atoms with E-state index in [-0.39, 0.29) is 12.1 Å². The molecular formula is C15H13N3O5. The molecule has 0 fully saturated rings. The van der Waals surface area contributed by atoms with E-state index in [1.807, 2.05) is 30.3 Å². The first kappa shape index (κ1) is 16.2. The van der Waals surface area contributed by atoms with Crippen LogP contribution < -0.4 is 5.32 Å². The lowest BCUT2D eigenvalue weighted by Crippen LogP contribution is -2.22. The molecule has 0 bridgehead atoms. The first-order valence-corrected chi connectivity index (χ1v) is 6.69. The van der Waals surface area contributed by atoms with Crippen LogP contribution in [-0.2, 0) is 6.54 Å². The number of ketones is 1. The average Bonchev–Trinajstić information content (AvgIpc) is 2.55. The van der Waals surface area contributed by atoms with E-state index in [0.717, 1.165) is 23.8 Å². The van der Waals surface area contributed by atoms with E-state index in [0.29, 0.717) is 6.54 Å². The van der Waals surface area contributed by atoms with Gasteiger partial charge in [-0.05, 0) is 5.56 Å². The van der Waals surface area contributed by atoms with Gasteiger partial charge in [-0.15, -0.1) is 0 Å². The Balaban J connectivity index is 2.09. The maximum Gasteiger partial charge on any atom is 0.277 e. The zero-order valence-corrected chi connectivity index (χ0v) is 12.0. The largest absolute Gasteiger partial charge is 0.306 e. The Hall–Kier alpha value is -3.13. The minimum absolute atomic E-state index is 0.0635. The standard InChI is InChI=1S/C15H13N3O5/c19-15(10-16-9-11-4-2-1-3-5-11)12-6-13(17(20)21)8-14(7-12)18(22)23/h1-8,16H,9-10H2. The van der Waals surface area contributed by atoms with Crippen LogP contribution in [0.5, 0.6) is 0 Å². The Labute approximate surface area is 131 Å². The van der Waals surface area contributed by atoms with Crippen molar-refractivity contribution in [3.8, 4) is 0 Å². The van der Waals surface area contributed by atoms with Crippen LogP contribution in [0.1, 0.15) is 15.9 Å². The van der Waals surface area contributed by atoms with Crippen LogP contribution in [0.15, 0.2) is 48.5 Å². The second-order valence-corrected chi connectivity index (χ2v) is 4.76. The van der Waals surface area contributed by atoms with E-state index in [1.54, 1.807) is 0 Å². The second kappa shape index (κ2) is 7.23. The van der Waals surface area contributed by atoms with Crippen LogP contribution in [0.2, 0.25) is 0 Å². The lowest BCUT2D eigenvalue weighted by molar-refractivity contribution is -0.394. The molecule has 0 aromatic heterocycles. The van der Waals surface area contributed by atoms with Gasteiger partial charge in [0, 0.05) is 24.2 Å². The summed E-state index contributed by atoms with van der Waals surface area (Å²) >= 11 is 0. The van der Waals surface area contributed by atoms with Gasteiger partial charge in [-0.25, -0.2) is 0 Å². The number of hydrogen-bond donors (Lipinski definition) is 1. The third-order valence-electron chi connectivity index (χ3n) is 3.10. The van der Waals surface area contributed by atoms with Crippen molar-refractivity contribution in [3.63, 3.8) is 0 Å². The summed E-state index contributed by atoms with van der Waals surface area (Å²) < 4.78 is 0. The first-order valence-electron chi connectivity index (χ1n) is 6.69. The number of non-ortho nitro benzene ring substituents is 2. The number of nitro groups is 2. The molecule has 0 radical (unpaired) electrons. The average molecular weight is 315 g/mol. The topological polar surface area (TPSA) is 115 Å². The van der Waals surface area contributed by atoms with Crippen LogP contribution >= 0.6 is 0 Å². The minimum atomic E-state index is -0.763. The molecule has 1 N–H and O–H groups in total. The predicted molar refractivity (Wildman–Crippen MR) is 82.2 cm³/mol. The number of nitro benzene ring substituents is 2. The number of nitrogens with zero attached hydrogens (tertiary/aromatic N) is 2. The third kappa shape index (κ3) is 4.42. The molecule has 0 aliphatic heterocycles. The van der Waals surface area contributed by atoms with E-state index in [2.05, 4.69) is 5.32 Å². The van der Waals surface area contributed by atoms with Gasteiger partial charge in [0.1, 0.15) is 0 Å². The molecule has 0 saturated heterocycles. The van der Waals surface area contributed by atoms with Gasteiger partial charge in [0.25, 0.3) is 11.4 Å². The van der Waals surface area contributed by atoms with Crippen molar-refractivity contribution in [2.75, 3.05) is 6.54 Å². The molecule has 2 aromatic carbocycles. The smallest absolute Gasteiger partial charge is 0.277 e. The van der Waals surface area contributed by atoms with Crippen LogP contribution in [-0.4, -0.2) is 22.2 Å². The lowest BCUT2D eigenvalue weighted by Gasteiger charge is -2.05. The molecule has 0 heterocycles. The summed E-state index contributed by atoms with van der Waals surface area (Å²) in [7, 11) is 0. The van der Waals surface area contributed by atoms with Gasteiger partial charge in [0.2, 0.25) is 0 Å². The molecule has 0 aliphatic rings. The fraction of sp³-hybridized carbons (Fsp3) is 0.133. The highest BCUT2D eigenvalue weighted by atomic mass is 16.6. The Morgan fingerprint density at radius 1 is 0.957 bits per heavy atom. The summed E-state index contributed by atoms with van der Waals surface area (Å²) in [5, 5.41) is 24.5. The summed E-state index contributed by atoms with van der Waals surface area (Å²) in [5.74, 6) is -0.451. The van der Waals surface area contributed by atoms with Crippen molar-refractivity contribution in [2.45, 2.75) is 6.54 Å². The SMILES string of the molecule is O=C(CNCc1ccccc1)c1cc([N+](=O)[O-])cc([N+](=O)[O-])c1. The van der Waals surface area contributed by atoms with Gasteiger partial charge in [0.15, 0.2) is 5.78 Å². The molecule has 23 heavy (non-hydrogen) atoms. The highest BCUT2D eigenvalue weighted by Gasteiger charge is 2.19. The van der Waals surface area contributed by atoms with Crippen LogP contribution in [0, 0.1) is 20.2 Å². The minimum Gasteiger partial charge on any atom is -0.306 e. The first-order chi connectivity index (χ1) is 11.0. The molecule has 8 heteroatoms. The van der Waals surface area contributed by atoms with Gasteiger partial charge in [-0.2, -0.15) is 0 Å². The fourth-order valence-electron chi connectivity index (χ4n) is 1.99. The van der Waals surface area contributed by atoms with Crippen molar-refractivity contribution in [1.82, 2.24) is 5.32 Å². The quantitative estimate of drug-likeness (QED) is 0.476. The predicted octanol–water partition coefficient (Wildman–Crippen LogP) is 2.48. The Morgan fingerprint density at radius 2 is 1.52 bits per heavy atom. The van der Waals surface area contributed by atoms with Crippen molar-refractivity contribution >= 4 is 17.2 Å². The van der Waals surface area contributed by atoms with E-state index < -0.39 is 27.0 Å². The molecule has 0 saturated carbocycles. The zero-order chi connectivity index (χ0) is 16.8. The fourth-order valence-corrected chi connectivity index (χ4v) is 1.99. The van der Waals surface area contributed by atoms with Crippen molar-refractivity contribution < 1.29 is 14.6 Å². The molecule has 0 aliphatic carbocycles. The highest BCUT2D eigenvalue weighted by Crippen LogP contribution is 2.22. The summed E-state index contributed by atoms with van der Waals surface area (Å²) in [6, 6.07) is 12.3. The summed E-state index contributed by atoms with van der Waals surface area (Å²) in [5.41, 5.74) is -0.0481. The molecule has 8 nitrogen and oxygen atoms in total. The Bertz CT molecular complexity index is 714. The number of carbonyl (C=O) groups excluding carboxylic acids is 1. The maximum absolute atomic E-state index is 12.1. The van der Waals surface area contributed by atoms with E-state index in [9.17, 15) is 25.0 Å². The van der Waals surface area contributed by atoms with Gasteiger partial charge < -0.3 is 5.32 Å². The van der Waals surface area contributed by atoms with Crippen molar-refractivity contribution in [1.29, 1.82) is 0 Å². The summed E-state index contributed by atoms with van der Waals surface area (Å²) in [4.78, 5) is 32.2. The number of carbonyl (C=O) groups is 1. The van der Waals surface area contributed by atoms with Gasteiger partial charge in [0.05, 0.1) is 22.5 Å². The molecule has 118 valence electrons. The number of benzene rings is 2. The van der Waals surface area contributed by atoms with Crippen LogP contribution in [0.25, 0.3) is 0 Å². The molecule has 2 rings (SSSR count). The summed E-state index contributed by atoms with van der Waals surface area (Å²) in [6.07, 6.45) is 0. The maximum atomic E-state index is 12.1. The Morgan fingerprint density at radius 3 is 2.04 bits per heavy atom. The van der Waals surface area contributed by atoms with Gasteiger partial charge in [-0.3, -0.25) is 25.0 Å². The highest BCUT2D eigenvalue weighted by molar-refractivity contribution is 5.98. The number of rotatable bonds is 7. The van der Waals surface area contributed by atoms with Crippen molar-refractivity contribution in [2.24, 2.45) is 0 Å². The van der Waals surface area contributed by atoms with E-state index in [1.165, 1.54) is 0 Å². The number of hydrogen-bond acceptors (Lipinski definition) is 6. The summed E-state index contributed by atoms with van der Waals surface area (Å²) in [6.45, 7) is 0.372. The molecule has 0 spiro atoms. The molecule has 0 atom stereocenters. The molecular weight excluding hydrogens is 302 g/mol. The normalized spacial score (nSPS) is 10.3. The second-order valence-electron chi connectivity index (χ2n) is 4.76. The monoisotopic (exact) mass is 315 g/mol. The number of Topliss-reactive ketones (excluding diaryl/α,β-unsaturated/α-hetero) is 1. The number of nitrogens with one attached hydrogen (secondary N) is 1. The molecule has 2 aromatic rings. The van der Waals surface area contributed by atoms with E-state index in [4.69, 9.17) is 0 Å². The van der Waals surface area contributed by atoms with Crippen LogP contribution in [0.4, 0.5) is 11.4 Å². The lowest BCUT2D eigenvalue weighted by atomic mass is 10.1. The third-order valence-corrected chi connectivity index (χ3v) is 3.10. The van der Waals surface area contributed by atoms with Crippen molar-refractivity contribution in [3.05, 3.63) is 79.9 Å². The van der Waals surface area contributed by atoms with Gasteiger partial charge in [-0.1, -0.05) is 30.3 Å². The van der Waals surface area contributed by atoms with Gasteiger partial charge >= 0.3 is 0 Å².